The van der Waals surface area contributed by atoms with Gasteiger partial charge in [-0.2, -0.15) is 0 Å². The molecule has 0 aliphatic rings. The van der Waals surface area contributed by atoms with Crippen molar-refractivity contribution < 1.29 is 0 Å². The van der Waals surface area contributed by atoms with Crippen LogP contribution < -0.4 is 0 Å². The molecule has 0 unspecified atom stereocenters. The molecule has 3 aromatic heterocycles. The van der Waals surface area contributed by atoms with Gasteiger partial charge in [0.2, 0.25) is 0 Å². The molecule has 11 aromatic rings. The first-order chi connectivity index (χ1) is 27.7. The molecule has 0 aliphatic carbocycles. The minimum absolute atomic E-state index is 0.664. The standard InChI is InChI=1S/C51H31N3S2/c1-4-13-32(14-5-1)35-19-12-20-37(27-35)43-28-39(31-47-48(43)42-21-10-11-22-44(42)55-47)36-23-25-40-41-26-24-38(30-46(41)56-45(40)29-36)51-53-49(33-15-6-2-7-16-33)52-50(54-51)34-17-8-3-9-18-34/h1-31H. The SMILES string of the molecule is c1ccc(-c2cccc(-c3cc(-c4ccc5c(c4)sc4cc(-c6nc(-c7ccccc7)nc(-c7ccccc7)n6)ccc45)cc4sc5ccccc5c34)c2)cc1. The molecule has 0 aliphatic heterocycles. The second kappa shape index (κ2) is 13.5. The maximum atomic E-state index is 4.99. The molecule has 0 saturated carbocycles. The summed E-state index contributed by atoms with van der Waals surface area (Å²) in [7, 11) is 0. The molecule has 56 heavy (non-hydrogen) atoms. The van der Waals surface area contributed by atoms with Crippen LogP contribution in [0.5, 0.6) is 0 Å². The third kappa shape index (κ3) is 5.77. The molecule has 0 bridgehead atoms. The van der Waals surface area contributed by atoms with Crippen LogP contribution in [0.2, 0.25) is 0 Å². The Balaban J connectivity index is 1.03. The Hall–Kier alpha value is -6.79. The van der Waals surface area contributed by atoms with Crippen LogP contribution in [0, 0.1) is 0 Å². The van der Waals surface area contributed by atoms with E-state index in [2.05, 4.69) is 127 Å². The van der Waals surface area contributed by atoms with Crippen molar-refractivity contribution >= 4 is 63.0 Å². The van der Waals surface area contributed by atoms with E-state index >= 15 is 0 Å². The van der Waals surface area contributed by atoms with E-state index in [1.165, 1.54) is 73.7 Å². The average molecular weight is 750 g/mol. The Morgan fingerprint density at radius 1 is 0.268 bits per heavy atom. The first-order valence-corrected chi connectivity index (χ1v) is 20.3. The van der Waals surface area contributed by atoms with Gasteiger partial charge in [-0.05, 0) is 69.8 Å². The quantitative estimate of drug-likeness (QED) is 0.170. The van der Waals surface area contributed by atoms with Crippen LogP contribution in [0.1, 0.15) is 0 Å². The zero-order valence-corrected chi connectivity index (χ0v) is 31.7. The zero-order valence-electron chi connectivity index (χ0n) is 30.1. The summed E-state index contributed by atoms with van der Waals surface area (Å²) in [4.78, 5) is 14.9. The average Bonchev–Trinajstić information content (AvgIpc) is 3.84. The van der Waals surface area contributed by atoms with E-state index in [1.807, 2.05) is 83.3 Å². The smallest absolute Gasteiger partial charge is 0.164 e. The van der Waals surface area contributed by atoms with Gasteiger partial charge in [-0.15, -0.1) is 22.7 Å². The summed E-state index contributed by atoms with van der Waals surface area (Å²) < 4.78 is 5.06. The number of fused-ring (bicyclic) bond motifs is 6. The summed E-state index contributed by atoms with van der Waals surface area (Å²) in [5.74, 6) is 1.99. The highest BCUT2D eigenvalue weighted by Gasteiger charge is 2.17. The lowest BCUT2D eigenvalue weighted by Crippen LogP contribution is -1.99. The fraction of sp³-hybridized carbons (Fsp3) is 0. The number of thiophene rings is 2. The van der Waals surface area contributed by atoms with Crippen molar-refractivity contribution in [2.24, 2.45) is 0 Å². The molecule has 0 amide bonds. The molecule has 0 fully saturated rings. The molecule has 3 heterocycles. The number of rotatable bonds is 6. The fourth-order valence-electron chi connectivity index (χ4n) is 7.78. The van der Waals surface area contributed by atoms with Crippen molar-refractivity contribution in [3.05, 3.63) is 188 Å². The predicted octanol–water partition coefficient (Wildman–Crippen LogP) is 14.6. The molecular formula is C51H31N3S2. The molecule has 0 saturated heterocycles. The molecule has 3 nitrogen and oxygen atoms in total. The summed E-state index contributed by atoms with van der Waals surface area (Å²) in [6.07, 6.45) is 0. The summed E-state index contributed by atoms with van der Waals surface area (Å²) in [5.41, 5.74) is 10.2. The first kappa shape index (κ1) is 32.6. The van der Waals surface area contributed by atoms with Gasteiger partial charge < -0.3 is 0 Å². The Kier molecular flexibility index (Phi) is 7.87. The van der Waals surface area contributed by atoms with Gasteiger partial charge in [-0.25, -0.2) is 15.0 Å². The summed E-state index contributed by atoms with van der Waals surface area (Å²) in [5, 5.41) is 5.11. The molecule has 262 valence electrons. The van der Waals surface area contributed by atoms with Gasteiger partial charge in [0.05, 0.1) is 0 Å². The number of hydrogen-bond acceptors (Lipinski definition) is 5. The second-order valence-corrected chi connectivity index (χ2v) is 16.2. The Morgan fingerprint density at radius 2 is 0.750 bits per heavy atom. The normalized spacial score (nSPS) is 11.6. The number of benzene rings is 8. The summed E-state index contributed by atoms with van der Waals surface area (Å²) >= 11 is 3.69. The molecule has 5 heteroatoms. The van der Waals surface area contributed by atoms with Gasteiger partial charge in [0.1, 0.15) is 0 Å². The maximum absolute atomic E-state index is 4.99. The highest BCUT2D eigenvalue weighted by atomic mass is 32.1. The van der Waals surface area contributed by atoms with E-state index in [9.17, 15) is 0 Å². The van der Waals surface area contributed by atoms with Crippen molar-refractivity contribution in [3.8, 4) is 67.5 Å². The predicted molar refractivity (Wildman–Crippen MR) is 238 cm³/mol. The minimum Gasteiger partial charge on any atom is -0.208 e. The van der Waals surface area contributed by atoms with Crippen molar-refractivity contribution in [2.75, 3.05) is 0 Å². The van der Waals surface area contributed by atoms with Crippen LogP contribution in [0.4, 0.5) is 0 Å². The van der Waals surface area contributed by atoms with E-state index < -0.39 is 0 Å². The highest BCUT2D eigenvalue weighted by Crippen LogP contribution is 2.45. The van der Waals surface area contributed by atoms with Crippen molar-refractivity contribution in [1.82, 2.24) is 15.0 Å². The Labute approximate surface area is 331 Å². The summed E-state index contributed by atoms with van der Waals surface area (Å²) in [6, 6.07) is 67.0. The van der Waals surface area contributed by atoms with Gasteiger partial charge in [-0.3, -0.25) is 0 Å². The van der Waals surface area contributed by atoms with Crippen molar-refractivity contribution in [2.45, 2.75) is 0 Å². The van der Waals surface area contributed by atoms with E-state index in [4.69, 9.17) is 15.0 Å². The van der Waals surface area contributed by atoms with E-state index in [0.717, 1.165) is 16.7 Å². The third-order valence-electron chi connectivity index (χ3n) is 10.5. The van der Waals surface area contributed by atoms with Gasteiger partial charge in [-0.1, -0.05) is 152 Å². The van der Waals surface area contributed by atoms with E-state index in [1.54, 1.807) is 0 Å². The number of hydrogen-bond donors (Lipinski definition) is 0. The minimum atomic E-state index is 0.664. The molecule has 11 rings (SSSR count). The second-order valence-electron chi connectivity index (χ2n) is 14.0. The van der Waals surface area contributed by atoms with Crippen molar-refractivity contribution in [1.29, 1.82) is 0 Å². The Morgan fingerprint density at radius 3 is 1.43 bits per heavy atom. The number of aromatic nitrogens is 3. The molecular weight excluding hydrogens is 719 g/mol. The lowest BCUT2D eigenvalue weighted by molar-refractivity contribution is 1.07. The van der Waals surface area contributed by atoms with Crippen molar-refractivity contribution in [3.63, 3.8) is 0 Å². The number of nitrogens with zero attached hydrogens (tertiary/aromatic N) is 3. The fourth-order valence-corrected chi connectivity index (χ4v) is 10.1. The third-order valence-corrected chi connectivity index (χ3v) is 12.8. The molecule has 0 radical (unpaired) electrons. The van der Waals surface area contributed by atoms with Crippen LogP contribution in [0.15, 0.2) is 188 Å². The maximum Gasteiger partial charge on any atom is 0.164 e. The first-order valence-electron chi connectivity index (χ1n) is 18.7. The lowest BCUT2D eigenvalue weighted by Gasteiger charge is -2.11. The molecule has 0 atom stereocenters. The van der Waals surface area contributed by atoms with Crippen LogP contribution in [0.3, 0.4) is 0 Å². The van der Waals surface area contributed by atoms with Gasteiger partial charge in [0.15, 0.2) is 17.5 Å². The van der Waals surface area contributed by atoms with Crippen LogP contribution in [-0.2, 0) is 0 Å². The highest BCUT2D eigenvalue weighted by molar-refractivity contribution is 7.26. The molecule has 8 aromatic carbocycles. The van der Waals surface area contributed by atoms with Crippen LogP contribution in [0.25, 0.3) is 108 Å². The monoisotopic (exact) mass is 749 g/mol. The molecule has 0 N–H and O–H groups in total. The van der Waals surface area contributed by atoms with Crippen LogP contribution >= 0.6 is 22.7 Å². The van der Waals surface area contributed by atoms with Gasteiger partial charge in [0, 0.05) is 57.0 Å². The largest absolute Gasteiger partial charge is 0.208 e. The lowest BCUT2D eigenvalue weighted by atomic mass is 9.92. The topological polar surface area (TPSA) is 38.7 Å². The molecule has 0 spiro atoms. The van der Waals surface area contributed by atoms with E-state index in [-0.39, 0.29) is 0 Å². The van der Waals surface area contributed by atoms with Crippen LogP contribution in [-0.4, -0.2) is 15.0 Å². The van der Waals surface area contributed by atoms with Gasteiger partial charge >= 0.3 is 0 Å². The zero-order chi connectivity index (χ0) is 37.0. The van der Waals surface area contributed by atoms with E-state index in [0.29, 0.717) is 17.5 Å². The van der Waals surface area contributed by atoms with Gasteiger partial charge in [0.25, 0.3) is 0 Å². The summed E-state index contributed by atoms with van der Waals surface area (Å²) in [6.45, 7) is 0. The Bertz CT molecular complexity index is 3180.